The molecule has 0 N–H and O–H groups in total. The van der Waals surface area contributed by atoms with Crippen LogP contribution in [0.25, 0.3) is 0 Å². The zero-order chi connectivity index (χ0) is 22.9. The smallest absolute Gasteiger partial charge is 0.387 e. The van der Waals surface area contributed by atoms with Crippen molar-refractivity contribution in [2.75, 3.05) is 24.5 Å². The van der Waals surface area contributed by atoms with Gasteiger partial charge in [-0.05, 0) is 67.8 Å². The number of amides is 1. The number of rotatable bonds is 5. The maximum absolute atomic E-state index is 13.4. The summed E-state index contributed by atoms with van der Waals surface area (Å²) in [6.07, 6.45) is 1.63. The lowest BCUT2D eigenvalue weighted by atomic mass is 9.79. The van der Waals surface area contributed by atoms with E-state index in [9.17, 15) is 22.0 Å². The number of benzene rings is 2. The monoisotopic (exact) mass is 461 g/mol. The average Bonchev–Trinajstić information content (AvgIpc) is 3.09. The molecule has 2 aliphatic heterocycles. The molecule has 168 valence electrons. The van der Waals surface area contributed by atoms with Crippen molar-refractivity contribution in [3.8, 4) is 11.8 Å². The van der Waals surface area contributed by atoms with E-state index in [4.69, 9.17) is 5.26 Å². The van der Waals surface area contributed by atoms with Gasteiger partial charge in [-0.3, -0.25) is 4.79 Å². The first kappa shape index (κ1) is 22.2. The molecule has 0 bridgehead atoms. The molecule has 2 aromatic carbocycles. The predicted octanol–water partition coefficient (Wildman–Crippen LogP) is 3.37. The summed E-state index contributed by atoms with van der Waals surface area (Å²) in [6, 6.07) is 13.5. The zero-order valence-corrected chi connectivity index (χ0v) is 17.9. The fraction of sp³-hybridized carbons (Fsp3) is 0.364. The summed E-state index contributed by atoms with van der Waals surface area (Å²) in [6.45, 7) is -2.11. The molecular weight excluding hydrogens is 440 g/mol. The van der Waals surface area contributed by atoms with E-state index in [1.807, 2.05) is 6.07 Å². The Morgan fingerprint density at radius 3 is 2.34 bits per heavy atom. The van der Waals surface area contributed by atoms with Crippen molar-refractivity contribution in [2.45, 2.75) is 30.8 Å². The Hall–Kier alpha value is -3.03. The average molecular weight is 461 g/mol. The first-order valence-corrected chi connectivity index (χ1v) is 11.6. The van der Waals surface area contributed by atoms with Crippen molar-refractivity contribution >= 4 is 21.6 Å². The molecule has 2 aliphatic rings. The highest BCUT2D eigenvalue weighted by molar-refractivity contribution is 7.89. The quantitative estimate of drug-likeness (QED) is 0.681. The van der Waals surface area contributed by atoms with Crippen LogP contribution in [0.3, 0.4) is 0 Å². The third-order valence-corrected chi connectivity index (χ3v) is 7.91. The standard InChI is InChI=1S/C22H21F2N3O4S/c23-21(24)31-18-6-4-17(5-7-18)27-13-11-22(20(27)28)10-1-12-26(15-22)32(29,30)19-8-2-16(14-25)3-9-19/h2-9,21H,1,10-13,15H2. The van der Waals surface area contributed by atoms with Gasteiger partial charge in [0.25, 0.3) is 0 Å². The SMILES string of the molecule is N#Cc1ccc(S(=O)(=O)N2CCCC3(CCN(c4ccc(OC(F)F)cc4)C3=O)C2)cc1. The Balaban J connectivity index is 1.53. The van der Waals surface area contributed by atoms with Gasteiger partial charge in [0.15, 0.2) is 0 Å². The minimum Gasteiger partial charge on any atom is -0.435 e. The molecule has 1 amide bonds. The van der Waals surface area contributed by atoms with Crippen molar-refractivity contribution in [3.05, 3.63) is 54.1 Å². The molecule has 2 aromatic rings. The lowest BCUT2D eigenvalue weighted by Gasteiger charge is -2.38. The van der Waals surface area contributed by atoms with Crippen LogP contribution in [0.4, 0.5) is 14.5 Å². The number of hydrogen-bond acceptors (Lipinski definition) is 5. The van der Waals surface area contributed by atoms with Crippen LogP contribution in [-0.4, -0.2) is 44.9 Å². The molecule has 2 heterocycles. The maximum Gasteiger partial charge on any atom is 0.387 e. The minimum atomic E-state index is -3.81. The Morgan fingerprint density at radius 1 is 1.03 bits per heavy atom. The number of anilines is 1. The van der Waals surface area contributed by atoms with Crippen LogP contribution in [0.2, 0.25) is 0 Å². The number of alkyl halides is 2. The number of halogens is 2. The summed E-state index contributed by atoms with van der Waals surface area (Å²) < 4.78 is 56.7. The van der Waals surface area contributed by atoms with Gasteiger partial charge in [0.1, 0.15) is 5.75 Å². The summed E-state index contributed by atoms with van der Waals surface area (Å²) in [5.41, 5.74) is 0.0991. The number of nitriles is 1. The van der Waals surface area contributed by atoms with E-state index >= 15 is 0 Å². The fourth-order valence-corrected chi connectivity index (χ4v) is 5.96. The van der Waals surface area contributed by atoms with Gasteiger partial charge in [0.2, 0.25) is 15.9 Å². The van der Waals surface area contributed by atoms with E-state index in [2.05, 4.69) is 4.74 Å². The predicted molar refractivity (Wildman–Crippen MR) is 112 cm³/mol. The number of hydrogen-bond donors (Lipinski definition) is 0. The van der Waals surface area contributed by atoms with Gasteiger partial charge in [-0.1, -0.05) is 0 Å². The van der Waals surface area contributed by atoms with E-state index in [1.165, 1.54) is 40.7 Å². The molecule has 32 heavy (non-hydrogen) atoms. The second-order valence-corrected chi connectivity index (χ2v) is 9.88. The summed E-state index contributed by atoms with van der Waals surface area (Å²) >= 11 is 0. The van der Waals surface area contributed by atoms with Crippen molar-refractivity contribution in [2.24, 2.45) is 5.41 Å². The molecule has 4 rings (SSSR count). The van der Waals surface area contributed by atoms with Crippen LogP contribution in [0.15, 0.2) is 53.4 Å². The number of carbonyl (C=O) groups is 1. The molecule has 0 aromatic heterocycles. The summed E-state index contributed by atoms with van der Waals surface area (Å²) in [5.74, 6) is -0.165. The Morgan fingerprint density at radius 2 is 1.72 bits per heavy atom. The molecule has 0 saturated carbocycles. The zero-order valence-electron chi connectivity index (χ0n) is 17.1. The number of carbonyl (C=O) groups excluding carboxylic acids is 1. The lowest BCUT2D eigenvalue weighted by molar-refractivity contribution is -0.127. The van der Waals surface area contributed by atoms with Gasteiger partial charge < -0.3 is 9.64 Å². The second kappa shape index (κ2) is 8.48. The number of nitrogens with zero attached hydrogens (tertiary/aromatic N) is 3. The molecule has 10 heteroatoms. The molecule has 1 spiro atoms. The highest BCUT2D eigenvalue weighted by Crippen LogP contribution is 2.43. The number of ether oxygens (including phenoxy) is 1. The van der Waals surface area contributed by atoms with E-state index in [-0.39, 0.29) is 23.1 Å². The third kappa shape index (κ3) is 4.06. The first-order valence-electron chi connectivity index (χ1n) is 10.1. The van der Waals surface area contributed by atoms with Crippen LogP contribution < -0.4 is 9.64 Å². The van der Waals surface area contributed by atoms with Crippen molar-refractivity contribution < 1.29 is 26.7 Å². The van der Waals surface area contributed by atoms with E-state index in [1.54, 1.807) is 17.0 Å². The van der Waals surface area contributed by atoms with Gasteiger partial charge in [-0.25, -0.2) is 8.42 Å². The first-order chi connectivity index (χ1) is 15.2. The number of sulfonamides is 1. The minimum absolute atomic E-state index is 0.00228. The second-order valence-electron chi connectivity index (χ2n) is 7.94. The fourth-order valence-electron chi connectivity index (χ4n) is 4.40. The molecule has 2 fully saturated rings. The molecule has 7 nitrogen and oxygen atoms in total. The maximum atomic E-state index is 13.4. The normalized spacial score (nSPS) is 21.8. The molecule has 0 radical (unpaired) electrons. The Labute approximate surface area is 184 Å². The van der Waals surface area contributed by atoms with E-state index in [0.29, 0.717) is 43.6 Å². The van der Waals surface area contributed by atoms with Crippen molar-refractivity contribution in [1.29, 1.82) is 5.26 Å². The summed E-state index contributed by atoms with van der Waals surface area (Å²) in [4.78, 5) is 15.0. The largest absolute Gasteiger partial charge is 0.435 e. The van der Waals surface area contributed by atoms with E-state index < -0.39 is 22.0 Å². The van der Waals surface area contributed by atoms with Gasteiger partial charge in [0.05, 0.1) is 21.9 Å². The van der Waals surface area contributed by atoms with Gasteiger partial charge in [0, 0.05) is 25.3 Å². The van der Waals surface area contributed by atoms with Crippen molar-refractivity contribution in [1.82, 2.24) is 4.31 Å². The molecular formula is C22H21F2N3O4S. The Bertz CT molecular complexity index is 1150. The Kier molecular flexibility index (Phi) is 5.88. The summed E-state index contributed by atoms with van der Waals surface area (Å²) in [5, 5.41) is 8.93. The van der Waals surface area contributed by atoms with Crippen LogP contribution in [0.5, 0.6) is 5.75 Å². The van der Waals surface area contributed by atoms with Crippen LogP contribution in [-0.2, 0) is 14.8 Å². The molecule has 1 unspecified atom stereocenters. The summed E-state index contributed by atoms with van der Waals surface area (Å²) in [7, 11) is -3.81. The van der Waals surface area contributed by atoms with Gasteiger partial charge >= 0.3 is 6.61 Å². The highest BCUT2D eigenvalue weighted by Gasteiger charge is 2.51. The van der Waals surface area contributed by atoms with Gasteiger partial charge in [-0.2, -0.15) is 18.3 Å². The molecule has 0 aliphatic carbocycles. The van der Waals surface area contributed by atoms with Gasteiger partial charge in [-0.15, -0.1) is 0 Å². The topological polar surface area (TPSA) is 90.7 Å². The molecule has 2 saturated heterocycles. The molecule has 1 atom stereocenters. The van der Waals surface area contributed by atoms with E-state index in [0.717, 1.165) is 0 Å². The number of piperidine rings is 1. The van der Waals surface area contributed by atoms with Crippen LogP contribution in [0.1, 0.15) is 24.8 Å². The third-order valence-electron chi connectivity index (χ3n) is 6.05. The van der Waals surface area contributed by atoms with Crippen LogP contribution >= 0.6 is 0 Å². The lowest BCUT2D eigenvalue weighted by Crippen LogP contribution is -2.49. The highest BCUT2D eigenvalue weighted by atomic mass is 32.2. The van der Waals surface area contributed by atoms with Crippen LogP contribution in [0, 0.1) is 16.7 Å². The van der Waals surface area contributed by atoms with Crippen molar-refractivity contribution in [3.63, 3.8) is 0 Å².